The van der Waals surface area contributed by atoms with Gasteiger partial charge in [0.05, 0.1) is 4.90 Å². The number of anilines is 1. The van der Waals surface area contributed by atoms with Gasteiger partial charge in [0.2, 0.25) is 10.0 Å². The summed E-state index contributed by atoms with van der Waals surface area (Å²) in [5.41, 5.74) is 1.58. The van der Waals surface area contributed by atoms with Gasteiger partial charge in [-0.05, 0) is 62.1 Å². The zero-order valence-electron chi connectivity index (χ0n) is 16.9. The van der Waals surface area contributed by atoms with Crippen molar-refractivity contribution in [3.05, 3.63) is 54.1 Å². The molecule has 2 aromatic carbocycles. The largest absolute Gasteiger partial charge is 0.481 e. The third-order valence-electron chi connectivity index (χ3n) is 5.10. The van der Waals surface area contributed by atoms with E-state index in [1.807, 2.05) is 31.2 Å². The van der Waals surface area contributed by atoms with Crippen LogP contribution in [0.15, 0.2) is 53.4 Å². The van der Waals surface area contributed by atoms with E-state index >= 15 is 0 Å². The van der Waals surface area contributed by atoms with Crippen LogP contribution < -0.4 is 10.1 Å². The zero-order valence-corrected chi connectivity index (χ0v) is 17.7. The predicted octanol–water partition coefficient (Wildman–Crippen LogP) is 3.83. The van der Waals surface area contributed by atoms with E-state index < -0.39 is 16.1 Å². The summed E-state index contributed by atoms with van der Waals surface area (Å²) in [6, 6.07) is 13.9. The first-order valence-electron chi connectivity index (χ1n) is 10.1. The van der Waals surface area contributed by atoms with Crippen molar-refractivity contribution in [2.45, 2.75) is 50.5 Å². The number of sulfonamides is 1. The van der Waals surface area contributed by atoms with Gasteiger partial charge in [0.1, 0.15) is 5.75 Å². The highest BCUT2D eigenvalue weighted by Crippen LogP contribution is 2.23. The van der Waals surface area contributed by atoms with Crippen molar-refractivity contribution in [2.24, 2.45) is 0 Å². The maximum atomic E-state index is 12.7. The fraction of sp³-hybridized carbons (Fsp3) is 0.409. The number of benzene rings is 2. The minimum atomic E-state index is -3.48. The van der Waals surface area contributed by atoms with Crippen molar-refractivity contribution in [1.82, 2.24) is 4.31 Å². The average molecular weight is 417 g/mol. The molecule has 1 saturated heterocycles. The molecule has 29 heavy (non-hydrogen) atoms. The summed E-state index contributed by atoms with van der Waals surface area (Å²) < 4.78 is 32.8. The first-order valence-corrected chi connectivity index (χ1v) is 11.5. The highest BCUT2D eigenvalue weighted by atomic mass is 32.2. The first-order chi connectivity index (χ1) is 13.9. The Morgan fingerprint density at radius 2 is 1.72 bits per heavy atom. The summed E-state index contributed by atoms with van der Waals surface area (Å²) >= 11 is 0. The lowest BCUT2D eigenvalue weighted by molar-refractivity contribution is -0.122. The quantitative estimate of drug-likeness (QED) is 0.744. The van der Waals surface area contributed by atoms with E-state index in [2.05, 4.69) is 5.32 Å². The Balaban J connectivity index is 1.63. The summed E-state index contributed by atoms with van der Waals surface area (Å²) in [5, 5.41) is 2.79. The predicted molar refractivity (Wildman–Crippen MR) is 114 cm³/mol. The average Bonchev–Trinajstić information content (AvgIpc) is 2.75. The van der Waals surface area contributed by atoms with Crippen LogP contribution in [0.25, 0.3) is 0 Å². The molecule has 0 aromatic heterocycles. The second-order valence-corrected chi connectivity index (χ2v) is 9.14. The first kappa shape index (κ1) is 21.3. The van der Waals surface area contributed by atoms with Crippen LogP contribution in [0, 0.1) is 0 Å². The number of para-hydroxylation sites is 1. The summed E-state index contributed by atoms with van der Waals surface area (Å²) in [7, 11) is -3.48. The third kappa shape index (κ3) is 5.16. The molecule has 3 rings (SSSR count). The van der Waals surface area contributed by atoms with Crippen LogP contribution >= 0.6 is 0 Å². The normalized spacial score (nSPS) is 16.2. The maximum absolute atomic E-state index is 12.7. The number of carbonyl (C=O) groups excluding carboxylic acids is 1. The van der Waals surface area contributed by atoms with Gasteiger partial charge in [-0.1, -0.05) is 31.5 Å². The lowest BCUT2D eigenvalue weighted by Crippen LogP contribution is -2.35. The Morgan fingerprint density at radius 3 is 2.38 bits per heavy atom. The van der Waals surface area contributed by atoms with Gasteiger partial charge in [-0.3, -0.25) is 4.79 Å². The minimum absolute atomic E-state index is 0.249. The molecule has 1 N–H and O–H groups in total. The van der Waals surface area contributed by atoms with E-state index in [0.29, 0.717) is 24.5 Å². The molecule has 2 aromatic rings. The lowest BCUT2D eigenvalue weighted by Gasteiger charge is -2.25. The van der Waals surface area contributed by atoms with Gasteiger partial charge in [-0.2, -0.15) is 4.31 Å². The van der Waals surface area contributed by atoms with Crippen molar-refractivity contribution >= 4 is 21.6 Å². The molecule has 1 fully saturated rings. The molecule has 1 heterocycles. The topological polar surface area (TPSA) is 75.7 Å². The summed E-state index contributed by atoms with van der Waals surface area (Å²) in [5.74, 6) is 0.406. The molecule has 0 bridgehead atoms. The molecule has 156 valence electrons. The molecule has 0 spiro atoms. The van der Waals surface area contributed by atoms with Crippen molar-refractivity contribution in [1.29, 1.82) is 0 Å². The number of hydrogen-bond acceptors (Lipinski definition) is 4. The zero-order chi connectivity index (χ0) is 20.9. The Labute approximate surface area is 172 Å². The lowest BCUT2D eigenvalue weighted by atomic mass is 10.1. The highest BCUT2D eigenvalue weighted by molar-refractivity contribution is 7.89. The van der Waals surface area contributed by atoms with Crippen LogP contribution in [0.2, 0.25) is 0 Å². The Morgan fingerprint density at radius 1 is 1.07 bits per heavy atom. The number of carbonyl (C=O) groups is 1. The van der Waals surface area contributed by atoms with Gasteiger partial charge in [0.25, 0.3) is 5.91 Å². The molecule has 7 heteroatoms. The molecule has 1 aliphatic rings. The van der Waals surface area contributed by atoms with Crippen LogP contribution in [0.5, 0.6) is 5.75 Å². The number of nitrogens with zero attached hydrogens (tertiary/aromatic N) is 1. The molecular weight excluding hydrogens is 388 g/mol. The number of nitrogens with one attached hydrogen (secondary N) is 1. The number of piperidine rings is 1. The highest BCUT2D eigenvalue weighted by Gasteiger charge is 2.26. The number of amides is 1. The van der Waals surface area contributed by atoms with Crippen molar-refractivity contribution in [2.75, 3.05) is 18.4 Å². The van der Waals surface area contributed by atoms with E-state index in [0.717, 1.165) is 31.2 Å². The maximum Gasteiger partial charge on any atom is 0.265 e. The van der Waals surface area contributed by atoms with Gasteiger partial charge in [0.15, 0.2) is 6.10 Å². The molecule has 0 aliphatic carbocycles. The summed E-state index contributed by atoms with van der Waals surface area (Å²) in [4.78, 5) is 12.7. The minimum Gasteiger partial charge on any atom is -0.481 e. The van der Waals surface area contributed by atoms with Crippen LogP contribution in [0.3, 0.4) is 0 Å². The summed E-state index contributed by atoms with van der Waals surface area (Å²) in [6.45, 7) is 4.85. The fourth-order valence-corrected chi connectivity index (χ4v) is 4.88. The van der Waals surface area contributed by atoms with Crippen LogP contribution in [-0.2, 0) is 21.2 Å². The van der Waals surface area contributed by atoms with Gasteiger partial charge in [0, 0.05) is 18.8 Å². The number of hydrogen-bond donors (Lipinski definition) is 1. The van der Waals surface area contributed by atoms with E-state index in [9.17, 15) is 13.2 Å². The van der Waals surface area contributed by atoms with E-state index in [4.69, 9.17) is 4.74 Å². The van der Waals surface area contributed by atoms with Crippen LogP contribution in [0.4, 0.5) is 5.69 Å². The molecule has 0 unspecified atom stereocenters. The van der Waals surface area contributed by atoms with Crippen molar-refractivity contribution in [3.63, 3.8) is 0 Å². The smallest absolute Gasteiger partial charge is 0.265 e. The Bertz CT molecular complexity index is 936. The monoisotopic (exact) mass is 416 g/mol. The molecule has 0 saturated carbocycles. The molecule has 0 radical (unpaired) electrons. The van der Waals surface area contributed by atoms with E-state index in [1.165, 1.54) is 16.4 Å². The van der Waals surface area contributed by atoms with E-state index in [-0.39, 0.29) is 10.8 Å². The summed E-state index contributed by atoms with van der Waals surface area (Å²) in [6.07, 6.45) is 3.00. The molecule has 1 amide bonds. The Kier molecular flexibility index (Phi) is 6.92. The van der Waals surface area contributed by atoms with Crippen LogP contribution in [0.1, 0.15) is 38.7 Å². The van der Waals surface area contributed by atoms with Crippen molar-refractivity contribution in [3.8, 4) is 5.75 Å². The second kappa shape index (κ2) is 9.41. The number of rotatable bonds is 7. The van der Waals surface area contributed by atoms with Crippen LogP contribution in [-0.4, -0.2) is 37.8 Å². The fourth-order valence-electron chi connectivity index (χ4n) is 3.36. The second-order valence-electron chi connectivity index (χ2n) is 7.20. The molecule has 6 nitrogen and oxygen atoms in total. The Hall–Kier alpha value is -2.38. The molecular formula is C22H28N2O4S. The van der Waals surface area contributed by atoms with Gasteiger partial charge in [-0.25, -0.2) is 8.42 Å². The van der Waals surface area contributed by atoms with Gasteiger partial charge >= 0.3 is 0 Å². The number of ether oxygens (including phenoxy) is 1. The van der Waals surface area contributed by atoms with Gasteiger partial charge in [-0.15, -0.1) is 0 Å². The third-order valence-corrected chi connectivity index (χ3v) is 7.01. The van der Waals surface area contributed by atoms with E-state index in [1.54, 1.807) is 19.1 Å². The standard InChI is InChI=1S/C22H28N2O4S/c1-3-18-9-5-6-10-21(18)28-17(2)22(25)23-19-11-13-20(14-12-19)29(26,27)24-15-7-4-8-16-24/h5-6,9-14,17H,3-4,7-8,15-16H2,1-2H3,(H,23,25)/t17-/m1/s1. The van der Waals surface area contributed by atoms with Crippen molar-refractivity contribution < 1.29 is 17.9 Å². The number of aryl methyl sites for hydroxylation is 1. The molecule has 1 atom stereocenters. The van der Waals surface area contributed by atoms with Gasteiger partial charge < -0.3 is 10.1 Å². The SMILES string of the molecule is CCc1ccccc1O[C@H](C)C(=O)Nc1ccc(S(=O)(=O)N2CCCCC2)cc1. The molecule has 1 aliphatic heterocycles.